The first-order chi connectivity index (χ1) is 7.77. The van der Waals surface area contributed by atoms with Gasteiger partial charge in [0.1, 0.15) is 5.75 Å². The Balaban J connectivity index is 2.36. The Morgan fingerprint density at radius 2 is 2.06 bits per heavy atom. The van der Waals surface area contributed by atoms with Gasteiger partial charge in [-0.15, -0.1) is 0 Å². The molecule has 0 bridgehead atoms. The molecule has 3 nitrogen and oxygen atoms in total. The molecule has 3 heteroatoms. The summed E-state index contributed by atoms with van der Waals surface area (Å²) >= 11 is 0. The molecule has 80 valence electrons. The van der Waals surface area contributed by atoms with Crippen LogP contribution in [0.25, 0.3) is 11.6 Å². The normalized spacial score (nSPS) is 11.4. The molecule has 1 aromatic carbocycles. The molecule has 0 saturated heterocycles. The van der Waals surface area contributed by atoms with Gasteiger partial charge in [-0.3, -0.25) is 9.97 Å². The van der Waals surface area contributed by atoms with Crippen LogP contribution in [0.15, 0.2) is 42.9 Å². The Bertz CT molecular complexity index is 506. The van der Waals surface area contributed by atoms with Gasteiger partial charge in [0.2, 0.25) is 0 Å². The molecule has 1 N–H and O–H groups in total. The van der Waals surface area contributed by atoms with Gasteiger partial charge in [-0.2, -0.15) is 0 Å². The zero-order valence-corrected chi connectivity index (χ0v) is 8.96. The summed E-state index contributed by atoms with van der Waals surface area (Å²) in [6.07, 6.45) is 6.87. The predicted octanol–water partition coefficient (Wildman–Crippen LogP) is 2.74. The molecule has 0 atom stereocenters. The summed E-state index contributed by atoms with van der Waals surface area (Å²) in [5.74, 6) is 0.269. The average molecular weight is 212 g/mol. The maximum absolute atomic E-state index is 9.63. The summed E-state index contributed by atoms with van der Waals surface area (Å²) in [7, 11) is 0. The second-order valence-electron chi connectivity index (χ2n) is 3.48. The quantitative estimate of drug-likeness (QED) is 0.832. The highest BCUT2D eigenvalue weighted by Gasteiger charge is 1.99. The lowest BCUT2D eigenvalue weighted by Crippen LogP contribution is -1.86. The van der Waals surface area contributed by atoms with E-state index in [1.807, 2.05) is 25.1 Å². The topological polar surface area (TPSA) is 46.0 Å². The molecule has 0 aliphatic heterocycles. The van der Waals surface area contributed by atoms with Crippen molar-refractivity contribution in [1.82, 2.24) is 9.97 Å². The monoisotopic (exact) mass is 212 g/mol. The molecule has 0 unspecified atom stereocenters. The summed E-state index contributed by atoms with van der Waals surface area (Å²) in [5, 5.41) is 9.63. The summed E-state index contributed by atoms with van der Waals surface area (Å²) in [6, 6.07) is 7.20. The lowest BCUT2D eigenvalue weighted by molar-refractivity contribution is 0.474. The smallest absolute Gasteiger partial charge is 0.122 e. The van der Waals surface area contributed by atoms with Gasteiger partial charge in [-0.1, -0.05) is 18.2 Å². The fourth-order valence-corrected chi connectivity index (χ4v) is 1.42. The highest BCUT2D eigenvalue weighted by atomic mass is 16.3. The molecule has 0 amide bonds. The number of hydrogen-bond acceptors (Lipinski definition) is 3. The van der Waals surface area contributed by atoms with Crippen LogP contribution >= 0.6 is 0 Å². The highest BCUT2D eigenvalue weighted by Crippen LogP contribution is 2.21. The van der Waals surface area contributed by atoms with Gasteiger partial charge in [0.05, 0.1) is 11.9 Å². The highest BCUT2D eigenvalue weighted by molar-refractivity contribution is 5.80. The predicted molar refractivity (Wildman–Crippen MR) is 63.7 cm³/mol. The van der Waals surface area contributed by atoms with Crippen LogP contribution in [0.2, 0.25) is 0 Å². The molecular formula is C13H12N2O. The van der Waals surface area contributed by atoms with Gasteiger partial charge in [0.15, 0.2) is 0 Å². The van der Waals surface area contributed by atoms with Crippen molar-refractivity contribution in [2.45, 2.75) is 6.92 Å². The Hall–Kier alpha value is -2.16. The van der Waals surface area contributed by atoms with Crippen LogP contribution in [-0.4, -0.2) is 15.1 Å². The second-order valence-corrected chi connectivity index (χ2v) is 3.48. The van der Waals surface area contributed by atoms with E-state index in [9.17, 15) is 5.11 Å². The molecule has 2 rings (SSSR count). The van der Waals surface area contributed by atoms with Crippen LogP contribution in [-0.2, 0) is 0 Å². The zero-order chi connectivity index (χ0) is 11.4. The van der Waals surface area contributed by atoms with Crippen molar-refractivity contribution in [3.63, 3.8) is 0 Å². The van der Waals surface area contributed by atoms with E-state index in [0.29, 0.717) is 0 Å². The molecule has 1 heterocycles. The molecule has 0 aliphatic carbocycles. The van der Waals surface area contributed by atoms with E-state index in [-0.39, 0.29) is 5.75 Å². The number of nitrogens with zero attached hydrogens (tertiary/aromatic N) is 2. The van der Waals surface area contributed by atoms with Crippen molar-refractivity contribution in [2.24, 2.45) is 0 Å². The molecule has 0 saturated carbocycles. The van der Waals surface area contributed by atoms with E-state index in [1.165, 1.54) is 0 Å². The molecule has 0 radical (unpaired) electrons. The van der Waals surface area contributed by atoms with Crippen molar-refractivity contribution in [1.29, 1.82) is 0 Å². The molecule has 0 spiro atoms. The summed E-state index contributed by atoms with van der Waals surface area (Å²) in [5.41, 5.74) is 2.56. The first-order valence-corrected chi connectivity index (χ1v) is 5.00. The van der Waals surface area contributed by atoms with Crippen LogP contribution in [0.1, 0.15) is 18.2 Å². The first-order valence-electron chi connectivity index (χ1n) is 5.00. The lowest BCUT2D eigenvalue weighted by atomic mass is 10.1. The maximum atomic E-state index is 9.63. The zero-order valence-electron chi connectivity index (χ0n) is 8.96. The van der Waals surface area contributed by atoms with E-state index < -0.39 is 0 Å². The number of aromatic hydroxyl groups is 1. The van der Waals surface area contributed by atoms with E-state index in [0.717, 1.165) is 16.8 Å². The standard InChI is InChI=1S/C13H12N2O/c1-10(12-9-14-6-7-15-12)8-11-4-2-3-5-13(11)16/h2-9,16H,1H3/b10-8+. The molecule has 16 heavy (non-hydrogen) atoms. The van der Waals surface area contributed by atoms with E-state index in [1.54, 1.807) is 30.7 Å². The number of phenolic OH excluding ortho intramolecular Hbond substituents is 1. The van der Waals surface area contributed by atoms with Crippen LogP contribution in [0, 0.1) is 0 Å². The Labute approximate surface area is 94.1 Å². The van der Waals surface area contributed by atoms with Crippen molar-refractivity contribution in [2.75, 3.05) is 0 Å². The van der Waals surface area contributed by atoms with Crippen LogP contribution in [0.5, 0.6) is 5.75 Å². The number of rotatable bonds is 2. The number of allylic oxidation sites excluding steroid dienone is 1. The third-order valence-electron chi connectivity index (χ3n) is 2.28. The lowest BCUT2D eigenvalue weighted by Gasteiger charge is -2.01. The Kier molecular flexibility index (Phi) is 2.96. The van der Waals surface area contributed by atoms with Gasteiger partial charge in [0, 0.05) is 18.0 Å². The molecule has 2 aromatic rings. The number of benzene rings is 1. The third-order valence-corrected chi connectivity index (χ3v) is 2.28. The van der Waals surface area contributed by atoms with Gasteiger partial charge in [-0.25, -0.2) is 0 Å². The molecular weight excluding hydrogens is 200 g/mol. The van der Waals surface area contributed by atoms with Crippen molar-refractivity contribution in [3.05, 3.63) is 54.1 Å². The average Bonchev–Trinajstić information content (AvgIpc) is 2.33. The van der Waals surface area contributed by atoms with Crippen molar-refractivity contribution < 1.29 is 5.11 Å². The molecule has 0 fully saturated rings. The molecule has 0 aliphatic rings. The Morgan fingerprint density at radius 3 is 2.75 bits per heavy atom. The van der Waals surface area contributed by atoms with Crippen LogP contribution in [0.4, 0.5) is 0 Å². The van der Waals surface area contributed by atoms with Crippen LogP contribution < -0.4 is 0 Å². The largest absolute Gasteiger partial charge is 0.507 e. The first kappa shape index (κ1) is 10.4. The fraction of sp³-hybridized carbons (Fsp3) is 0.0769. The minimum Gasteiger partial charge on any atom is -0.507 e. The van der Waals surface area contributed by atoms with Crippen LogP contribution in [0.3, 0.4) is 0 Å². The SMILES string of the molecule is C/C(=C\c1ccccc1O)c1cnccn1. The van der Waals surface area contributed by atoms with Crippen molar-refractivity contribution >= 4 is 11.6 Å². The van der Waals surface area contributed by atoms with Crippen molar-refractivity contribution in [3.8, 4) is 5.75 Å². The summed E-state index contributed by atoms with van der Waals surface area (Å²) < 4.78 is 0. The van der Waals surface area contributed by atoms with Gasteiger partial charge in [0.25, 0.3) is 0 Å². The minimum atomic E-state index is 0.269. The number of hydrogen-bond donors (Lipinski definition) is 1. The maximum Gasteiger partial charge on any atom is 0.122 e. The summed E-state index contributed by atoms with van der Waals surface area (Å²) in [6.45, 7) is 1.94. The summed E-state index contributed by atoms with van der Waals surface area (Å²) in [4.78, 5) is 8.20. The molecule has 1 aromatic heterocycles. The Morgan fingerprint density at radius 1 is 1.25 bits per heavy atom. The fourth-order valence-electron chi connectivity index (χ4n) is 1.42. The number of phenols is 1. The minimum absolute atomic E-state index is 0.269. The van der Waals surface area contributed by atoms with Gasteiger partial charge in [-0.05, 0) is 24.6 Å². The van der Waals surface area contributed by atoms with Gasteiger partial charge >= 0.3 is 0 Å². The third kappa shape index (κ3) is 2.25. The van der Waals surface area contributed by atoms with E-state index in [2.05, 4.69) is 9.97 Å². The van der Waals surface area contributed by atoms with E-state index in [4.69, 9.17) is 0 Å². The second kappa shape index (κ2) is 4.57. The number of para-hydroxylation sites is 1. The van der Waals surface area contributed by atoms with Gasteiger partial charge < -0.3 is 5.11 Å². The number of aromatic nitrogens is 2. The van der Waals surface area contributed by atoms with E-state index >= 15 is 0 Å².